The number of benzene rings is 2. The molecule has 0 spiro atoms. The quantitative estimate of drug-likeness (QED) is 0.508. The average Bonchev–Trinajstić information content (AvgIpc) is 3.30. The number of hydrogen-bond donors (Lipinski definition) is 0. The summed E-state index contributed by atoms with van der Waals surface area (Å²) in [5.74, 6) is 1.19. The Balaban J connectivity index is 1.75. The van der Waals surface area contributed by atoms with Gasteiger partial charge in [-0.15, -0.1) is 0 Å². The van der Waals surface area contributed by atoms with Crippen molar-refractivity contribution in [3.63, 3.8) is 0 Å². The molecule has 1 atom stereocenters. The van der Waals surface area contributed by atoms with Crippen LogP contribution in [0.3, 0.4) is 0 Å². The molecule has 1 aliphatic rings. The first kappa shape index (κ1) is 18.2. The summed E-state index contributed by atoms with van der Waals surface area (Å²) in [6, 6.07) is 15.2. The van der Waals surface area contributed by atoms with Crippen molar-refractivity contribution in [1.82, 2.24) is 5.16 Å². The number of fused-ring (bicyclic) bond motifs is 2. The molecule has 0 unspecified atom stereocenters. The van der Waals surface area contributed by atoms with E-state index < -0.39 is 11.9 Å². The van der Waals surface area contributed by atoms with Crippen LogP contribution >= 0.6 is 0 Å². The van der Waals surface area contributed by atoms with Gasteiger partial charge in [-0.05, 0) is 43.7 Å². The van der Waals surface area contributed by atoms with Gasteiger partial charge in [-0.25, -0.2) is 0 Å². The summed E-state index contributed by atoms with van der Waals surface area (Å²) in [5, 5.41) is 4.44. The van der Waals surface area contributed by atoms with Crippen LogP contribution in [0.2, 0.25) is 0 Å². The summed E-state index contributed by atoms with van der Waals surface area (Å²) < 4.78 is 16.6. The summed E-state index contributed by atoms with van der Waals surface area (Å²) in [5.41, 5.74) is 1.18. The summed E-state index contributed by atoms with van der Waals surface area (Å²) in [6.45, 7) is 4.20. The zero-order valence-corrected chi connectivity index (χ0v) is 16.4. The average molecular weight is 402 g/mol. The second-order valence-electron chi connectivity index (χ2n) is 7.05. The van der Waals surface area contributed by atoms with Crippen molar-refractivity contribution < 1.29 is 18.5 Å². The SMILES string of the molecule is CCOc1ccc([C@@H]2c3c(oc4ccccc4c3=O)C(=O)N2c2cc(C)on2)cc1. The van der Waals surface area contributed by atoms with E-state index in [0.29, 0.717) is 40.5 Å². The number of carbonyl (C=O) groups excluding carboxylic acids is 1. The van der Waals surface area contributed by atoms with E-state index in [1.165, 1.54) is 4.90 Å². The molecule has 0 saturated carbocycles. The molecule has 3 heterocycles. The standard InChI is InChI=1S/C23H18N2O5/c1-3-28-15-10-8-14(9-11-15)20-19-21(26)16-6-4-5-7-17(16)29-22(19)23(27)25(20)18-12-13(2)30-24-18/h4-12,20H,3H2,1-2H3/t20-/m1/s1. The van der Waals surface area contributed by atoms with Crippen molar-refractivity contribution in [2.24, 2.45) is 0 Å². The molecule has 0 saturated heterocycles. The lowest BCUT2D eigenvalue weighted by Gasteiger charge is -2.22. The molecular formula is C23H18N2O5. The number of nitrogens with zero attached hydrogens (tertiary/aromatic N) is 2. The maximum absolute atomic E-state index is 13.4. The number of carbonyl (C=O) groups is 1. The molecule has 150 valence electrons. The molecule has 5 rings (SSSR count). The van der Waals surface area contributed by atoms with Gasteiger partial charge in [0.05, 0.1) is 23.6 Å². The number of aromatic nitrogens is 1. The van der Waals surface area contributed by atoms with E-state index in [1.807, 2.05) is 31.2 Å². The van der Waals surface area contributed by atoms with Crippen molar-refractivity contribution >= 4 is 22.7 Å². The van der Waals surface area contributed by atoms with Gasteiger partial charge in [-0.1, -0.05) is 29.4 Å². The van der Waals surface area contributed by atoms with Gasteiger partial charge >= 0.3 is 0 Å². The van der Waals surface area contributed by atoms with Crippen molar-refractivity contribution in [2.45, 2.75) is 19.9 Å². The first-order chi connectivity index (χ1) is 14.6. The van der Waals surface area contributed by atoms with Gasteiger partial charge < -0.3 is 13.7 Å². The lowest BCUT2D eigenvalue weighted by atomic mass is 9.98. The Morgan fingerprint density at radius 3 is 2.57 bits per heavy atom. The third kappa shape index (κ3) is 2.70. The van der Waals surface area contributed by atoms with Crippen LogP contribution in [0, 0.1) is 6.92 Å². The van der Waals surface area contributed by atoms with Crippen LogP contribution in [0.25, 0.3) is 11.0 Å². The van der Waals surface area contributed by atoms with Crippen LogP contribution in [0.1, 0.15) is 40.4 Å². The van der Waals surface area contributed by atoms with E-state index >= 15 is 0 Å². The molecule has 0 radical (unpaired) electrons. The molecule has 0 N–H and O–H groups in total. The van der Waals surface area contributed by atoms with Crippen LogP contribution in [-0.2, 0) is 0 Å². The maximum Gasteiger partial charge on any atom is 0.296 e. The fourth-order valence-electron chi connectivity index (χ4n) is 3.85. The Labute approximate surface area is 171 Å². The fraction of sp³-hybridized carbons (Fsp3) is 0.174. The molecular weight excluding hydrogens is 384 g/mol. The Morgan fingerprint density at radius 1 is 1.10 bits per heavy atom. The maximum atomic E-state index is 13.4. The van der Waals surface area contributed by atoms with Crippen molar-refractivity contribution in [3.05, 3.63) is 87.5 Å². The molecule has 0 fully saturated rings. The summed E-state index contributed by atoms with van der Waals surface area (Å²) in [4.78, 5) is 28.2. The minimum Gasteiger partial charge on any atom is -0.494 e. The minimum atomic E-state index is -0.687. The number of hydrogen-bond acceptors (Lipinski definition) is 6. The molecule has 1 amide bonds. The van der Waals surface area contributed by atoms with Gasteiger partial charge in [-0.2, -0.15) is 0 Å². The number of para-hydroxylation sites is 1. The lowest BCUT2D eigenvalue weighted by molar-refractivity contribution is 0.0969. The highest BCUT2D eigenvalue weighted by molar-refractivity contribution is 6.10. The molecule has 2 aromatic carbocycles. The molecule has 4 aromatic rings. The smallest absolute Gasteiger partial charge is 0.296 e. The number of rotatable bonds is 4. The predicted molar refractivity (Wildman–Crippen MR) is 110 cm³/mol. The van der Waals surface area contributed by atoms with Crippen molar-refractivity contribution in [2.75, 3.05) is 11.5 Å². The van der Waals surface area contributed by atoms with E-state index in [1.54, 1.807) is 37.3 Å². The van der Waals surface area contributed by atoms with Crippen LogP contribution < -0.4 is 15.1 Å². The molecule has 7 heteroatoms. The van der Waals surface area contributed by atoms with E-state index in [4.69, 9.17) is 13.7 Å². The van der Waals surface area contributed by atoms with Crippen molar-refractivity contribution in [1.29, 1.82) is 0 Å². The first-order valence-electron chi connectivity index (χ1n) is 9.64. The van der Waals surface area contributed by atoms with Crippen LogP contribution in [-0.4, -0.2) is 17.7 Å². The number of anilines is 1. The molecule has 7 nitrogen and oxygen atoms in total. The third-order valence-electron chi connectivity index (χ3n) is 5.15. The number of ether oxygens (including phenoxy) is 1. The highest BCUT2D eigenvalue weighted by Gasteiger charge is 2.44. The molecule has 1 aliphatic heterocycles. The Bertz CT molecular complexity index is 1320. The summed E-state index contributed by atoms with van der Waals surface area (Å²) in [7, 11) is 0. The van der Waals surface area contributed by atoms with E-state index in [0.717, 1.165) is 5.56 Å². The Kier molecular flexibility index (Phi) is 4.17. The summed E-state index contributed by atoms with van der Waals surface area (Å²) in [6.07, 6.45) is 0. The predicted octanol–water partition coefficient (Wildman–Crippen LogP) is 4.24. The van der Waals surface area contributed by atoms with Gasteiger partial charge in [-0.3, -0.25) is 14.5 Å². The highest BCUT2D eigenvalue weighted by atomic mass is 16.5. The third-order valence-corrected chi connectivity index (χ3v) is 5.15. The Hall–Kier alpha value is -3.87. The molecule has 2 aromatic heterocycles. The fourth-order valence-corrected chi connectivity index (χ4v) is 3.85. The molecule has 0 bridgehead atoms. The van der Waals surface area contributed by atoms with E-state index in [2.05, 4.69) is 5.16 Å². The minimum absolute atomic E-state index is 0.0261. The van der Waals surface area contributed by atoms with Gasteiger partial charge in [0.2, 0.25) is 5.76 Å². The van der Waals surface area contributed by atoms with Crippen LogP contribution in [0.4, 0.5) is 5.82 Å². The summed E-state index contributed by atoms with van der Waals surface area (Å²) >= 11 is 0. The van der Waals surface area contributed by atoms with Gasteiger partial charge in [0.15, 0.2) is 11.2 Å². The topological polar surface area (TPSA) is 85.8 Å². The van der Waals surface area contributed by atoms with Crippen LogP contribution in [0.15, 0.2) is 68.3 Å². The van der Waals surface area contributed by atoms with Crippen molar-refractivity contribution in [3.8, 4) is 5.75 Å². The van der Waals surface area contributed by atoms with Crippen LogP contribution in [0.5, 0.6) is 5.75 Å². The Morgan fingerprint density at radius 2 is 1.87 bits per heavy atom. The molecule has 30 heavy (non-hydrogen) atoms. The first-order valence-corrected chi connectivity index (χ1v) is 9.64. The largest absolute Gasteiger partial charge is 0.494 e. The highest BCUT2D eigenvalue weighted by Crippen LogP contribution is 2.41. The second-order valence-corrected chi connectivity index (χ2v) is 7.05. The zero-order valence-electron chi connectivity index (χ0n) is 16.4. The second kappa shape index (κ2) is 6.88. The van der Waals surface area contributed by atoms with Gasteiger partial charge in [0.1, 0.15) is 17.1 Å². The van der Waals surface area contributed by atoms with E-state index in [-0.39, 0.29) is 11.2 Å². The zero-order chi connectivity index (χ0) is 20.8. The lowest BCUT2D eigenvalue weighted by Crippen LogP contribution is -2.29. The number of amides is 1. The monoisotopic (exact) mass is 402 g/mol. The molecule has 0 aliphatic carbocycles. The normalized spacial score (nSPS) is 15.6. The van der Waals surface area contributed by atoms with Gasteiger partial charge in [0.25, 0.3) is 5.91 Å². The van der Waals surface area contributed by atoms with E-state index in [9.17, 15) is 9.59 Å². The van der Waals surface area contributed by atoms with Gasteiger partial charge in [0, 0.05) is 6.07 Å². The number of aryl methyl sites for hydroxylation is 1.